The molecule has 0 bridgehead atoms. The maximum Gasteiger partial charge on any atom is 0.492 e. The molecule has 0 unspecified atom stereocenters. The highest BCUT2D eigenvalue weighted by molar-refractivity contribution is 6.63. The SMILES string of the molecule is OB(O)c1c(O)ccc2ccccc12. The summed E-state index contributed by atoms with van der Waals surface area (Å²) in [5.41, 5.74) is 0.156. The van der Waals surface area contributed by atoms with Gasteiger partial charge in [0.1, 0.15) is 5.75 Å². The summed E-state index contributed by atoms with van der Waals surface area (Å²) in [6.45, 7) is 0. The summed E-state index contributed by atoms with van der Waals surface area (Å²) in [5.74, 6) is -0.0984. The quantitative estimate of drug-likeness (QED) is 0.561. The zero-order valence-electron chi connectivity index (χ0n) is 7.38. The molecular formula is C10H9BO3. The third kappa shape index (κ3) is 1.34. The van der Waals surface area contributed by atoms with Gasteiger partial charge in [-0.05, 0) is 16.8 Å². The number of phenolic OH excluding ortho intramolecular Hbond substituents is 1. The number of rotatable bonds is 1. The first-order chi connectivity index (χ1) is 6.70. The molecule has 3 nitrogen and oxygen atoms in total. The standard InChI is InChI=1S/C10H9BO3/c12-9-6-5-7-3-1-2-4-8(7)10(9)11(13)14/h1-6,12-14H. The lowest BCUT2D eigenvalue weighted by Crippen LogP contribution is -2.30. The third-order valence-electron chi connectivity index (χ3n) is 2.21. The smallest absolute Gasteiger partial charge is 0.492 e. The first-order valence-electron chi connectivity index (χ1n) is 4.27. The Bertz CT molecular complexity index is 468. The van der Waals surface area contributed by atoms with E-state index in [0.29, 0.717) is 5.39 Å². The van der Waals surface area contributed by atoms with Crippen LogP contribution < -0.4 is 5.46 Å². The van der Waals surface area contributed by atoms with Crippen LogP contribution in [0.1, 0.15) is 0 Å². The van der Waals surface area contributed by atoms with Gasteiger partial charge in [-0.3, -0.25) is 0 Å². The zero-order chi connectivity index (χ0) is 10.1. The Morgan fingerprint density at radius 2 is 1.64 bits per heavy atom. The van der Waals surface area contributed by atoms with Gasteiger partial charge in [0.25, 0.3) is 0 Å². The van der Waals surface area contributed by atoms with E-state index in [4.69, 9.17) is 10.0 Å². The van der Waals surface area contributed by atoms with Crippen LogP contribution in [0.4, 0.5) is 0 Å². The van der Waals surface area contributed by atoms with E-state index < -0.39 is 7.12 Å². The van der Waals surface area contributed by atoms with E-state index in [0.717, 1.165) is 5.39 Å². The molecule has 4 heteroatoms. The monoisotopic (exact) mass is 188 g/mol. The first-order valence-corrected chi connectivity index (χ1v) is 4.27. The second kappa shape index (κ2) is 3.33. The van der Waals surface area contributed by atoms with Gasteiger partial charge in [0.15, 0.2) is 0 Å². The van der Waals surface area contributed by atoms with Crippen molar-refractivity contribution in [1.29, 1.82) is 0 Å². The lowest BCUT2D eigenvalue weighted by Gasteiger charge is -2.07. The molecule has 0 spiro atoms. The highest BCUT2D eigenvalue weighted by Gasteiger charge is 2.18. The Labute approximate surface area is 81.4 Å². The van der Waals surface area contributed by atoms with Gasteiger partial charge in [-0.1, -0.05) is 30.3 Å². The fraction of sp³-hybridized carbons (Fsp3) is 0. The minimum absolute atomic E-state index is 0.0984. The molecule has 0 aliphatic rings. The van der Waals surface area contributed by atoms with Crippen LogP contribution in [0.15, 0.2) is 36.4 Å². The molecule has 3 N–H and O–H groups in total. The summed E-state index contributed by atoms with van der Waals surface area (Å²) in [6.07, 6.45) is 0. The van der Waals surface area contributed by atoms with E-state index in [9.17, 15) is 5.11 Å². The van der Waals surface area contributed by atoms with Crippen LogP contribution >= 0.6 is 0 Å². The maximum absolute atomic E-state index is 9.46. The minimum Gasteiger partial charge on any atom is -0.508 e. The van der Waals surface area contributed by atoms with Crippen LogP contribution in [0.3, 0.4) is 0 Å². The second-order valence-electron chi connectivity index (χ2n) is 3.09. The summed E-state index contributed by atoms with van der Waals surface area (Å²) in [5, 5.41) is 29.2. The highest BCUT2D eigenvalue weighted by atomic mass is 16.4. The first kappa shape index (κ1) is 9.06. The second-order valence-corrected chi connectivity index (χ2v) is 3.09. The predicted octanol–water partition coefficient (Wildman–Crippen LogP) is 0.225. The summed E-state index contributed by atoms with van der Waals surface area (Å²) in [4.78, 5) is 0. The van der Waals surface area contributed by atoms with Crippen molar-refractivity contribution in [2.75, 3.05) is 0 Å². The fourth-order valence-electron chi connectivity index (χ4n) is 1.56. The number of fused-ring (bicyclic) bond motifs is 1. The minimum atomic E-state index is -1.65. The zero-order valence-corrected chi connectivity index (χ0v) is 7.38. The van der Waals surface area contributed by atoms with E-state index >= 15 is 0 Å². The van der Waals surface area contributed by atoms with Crippen LogP contribution in [0, 0.1) is 0 Å². The number of phenols is 1. The average Bonchev–Trinajstić information content (AvgIpc) is 2.17. The largest absolute Gasteiger partial charge is 0.508 e. The number of aromatic hydroxyl groups is 1. The molecule has 0 aliphatic carbocycles. The van der Waals surface area contributed by atoms with Gasteiger partial charge < -0.3 is 15.2 Å². The van der Waals surface area contributed by atoms with Crippen LogP contribution in [-0.4, -0.2) is 22.3 Å². The normalized spacial score (nSPS) is 10.4. The summed E-state index contributed by atoms with van der Waals surface area (Å²) in [7, 11) is -1.65. The lowest BCUT2D eigenvalue weighted by atomic mass is 9.76. The van der Waals surface area contributed by atoms with Crippen molar-refractivity contribution in [3.63, 3.8) is 0 Å². The molecule has 70 valence electrons. The molecular weight excluding hydrogens is 179 g/mol. The molecule has 0 heterocycles. The molecule has 2 aromatic rings. The van der Waals surface area contributed by atoms with Gasteiger partial charge in [0.2, 0.25) is 0 Å². The van der Waals surface area contributed by atoms with E-state index in [-0.39, 0.29) is 11.2 Å². The number of hydrogen-bond donors (Lipinski definition) is 3. The molecule has 0 aromatic heterocycles. The van der Waals surface area contributed by atoms with Crippen molar-refractivity contribution in [3.05, 3.63) is 36.4 Å². The Balaban J connectivity index is 2.83. The Hall–Kier alpha value is -1.52. The average molecular weight is 188 g/mol. The molecule has 0 atom stereocenters. The molecule has 0 amide bonds. The number of hydrogen-bond acceptors (Lipinski definition) is 3. The van der Waals surface area contributed by atoms with Gasteiger partial charge in [0, 0.05) is 5.46 Å². The molecule has 2 aromatic carbocycles. The maximum atomic E-state index is 9.46. The van der Waals surface area contributed by atoms with Crippen LogP contribution in [0.25, 0.3) is 10.8 Å². The summed E-state index contributed by atoms with van der Waals surface area (Å²) in [6, 6.07) is 10.4. The van der Waals surface area contributed by atoms with Crippen molar-refractivity contribution < 1.29 is 15.2 Å². The van der Waals surface area contributed by atoms with Gasteiger partial charge in [-0.15, -0.1) is 0 Å². The third-order valence-corrected chi connectivity index (χ3v) is 2.21. The number of benzene rings is 2. The van der Waals surface area contributed by atoms with Crippen molar-refractivity contribution in [3.8, 4) is 5.75 Å². The topological polar surface area (TPSA) is 60.7 Å². The van der Waals surface area contributed by atoms with E-state index in [1.807, 2.05) is 12.1 Å². The molecule has 0 saturated heterocycles. The Kier molecular flexibility index (Phi) is 2.15. The van der Waals surface area contributed by atoms with Crippen LogP contribution in [0.5, 0.6) is 5.75 Å². The van der Waals surface area contributed by atoms with E-state index in [2.05, 4.69) is 0 Å². The Morgan fingerprint density at radius 1 is 0.929 bits per heavy atom. The molecule has 14 heavy (non-hydrogen) atoms. The summed E-state index contributed by atoms with van der Waals surface area (Å²) >= 11 is 0. The fourth-order valence-corrected chi connectivity index (χ4v) is 1.56. The molecule has 0 saturated carbocycles. The van der Waals surface area contributed by atoms with E-state index in [1.165, 1.54) is 6.07 Å². The van der Waals surface area contributed by atoms with Gasteiger partial charge in [-0.25, -0.2) is 0 Å². The van der Waals surface area contributed by atoms with Crippen LogP contribution in [-0.2, 0) is 0 Å². The van der Waals surface area contributed by atoms with Crippen molar-refractivity contribution in [1.82, 2.24) is 0 Å². The molecule has 0 radical (unpaired) electrons. The lowest BCUT2D eigenvalue weighted by molar-refractivity contribution is 0.420. The molecule has 0 aliphatic heterocycles. The predicted molar refractivity (Wildman–Crippen MR) is 55.4 cm³/mol. The van der Waals surface area contributed by atoms with Gasteiger partial charge >= 0.3 is 7.12 Å². The van der Waals surface area contributed by atoms with Crippen LogP contribution in [0.2, 0.25) is 0 Å². The molecule has 0 fully saturated rings. The highest BCUT2D eigenvalue weighted by Crippen LogP contribution is 2.17. The molecule has 2 rings (SSSR count). The summed E-state index contributed by atoms with van der Waals surface area (Å²) < 4.78 is 0. The van der Waals surface area contributed by atoms with Crippen molar-refractivity contribution in [2.45, 2.75) is 0 Å². The Morgan fingerprint density at radius 3 is 2.36 bits per heavy atom. The van der Waals surface area contributed by atoms with Gasteiger partial charge in [0.05, 0.1) is 0 Å². The van der Waals surface area contributed by atoms with Crippen molar-refractivity contribution >= 4 is 23.4 Å². The van der Waals surface area contributed by atoms with Crippen molar-refractivity contribution in [2.24, 2.45) is 0 Å². The van der Waals surface area contributed by atoms with Gasteiger partial charge in [-0.2, -0.15) is 0 Å². The van der Waals surface area contributed by atoms with E-state index in [1.54, 1.807) is 18.2 Å².